The molecule has 0 amide bonds. The van der Waals surface area contributed by atoms with Gasteiger partial charge in [0.05, 0.1) is 36.9 Å². The Morgan fingerprint density at radius 3 is 2.75 bits per heavy atom. The van der Waals surface area contributed by atoms with Crippen molar-refractivity contribution in [2.45, 2.75) is 39.0 Å². The van der Waals surface area contributed by atoms with Crippen LogP contribution in [0.2, 0.25) is 0 Å². The zero-order valence-electron chi connectivity index (χ0n) is 9.71. The summed E-state index contributed by atoms with van der Waals surface area (Å²) in [5.74, 6) is 0. The maximum Gasteiger partial charge on any atom is 0.103 e. The van der Waals surface area contributed by atoms with Crippen molar-refractivity contribution in [3.05, 3.63) is 11.4 Å². The Hall–Kier alpha value is -1.45. The number of aliphatic hydroxyl groups is 1. The molecule has 0 bridgehead atoms. The average molecular weight is 224 g/mol. The fourth-order valence-electron chi connectivity index (χ4n) is 1.50. The summed E-state index contributed by atoms with van der Waals surface area (Å²) in [5, 5.41) is 25.8. The summed E-state index contributed by atoms with van der Waals surface area (Å²) >= 11 is 0. The third-order valence-corrected chi connectivity index (χ3v) is 2.27. The van der Waals surface area contributed by atoms with Crippen molar-refractivity contribution < 1.29 is 9.84 Å². The molecule has 1 N–H and O–H groups in total. The van der Waals surface area contributed by atoms with Crippen LogP contribution in [0.1, 0.15) is 31.3 Å². The van der Waals surface area contributed by atoms with E-state index in [-0.39, 0.29) is 12.5 Å². The predicted molar refractivity (Wildman–Crippen MR) is 56.4 cm³/mol. The van der Waals surface area contributed by atoms with Gasteiger partial charge in [-0.2, -0.15) is 5.26 Å². The predicted octanol–water partition coefficient (Wildman–Crippen LogP) is 0.432. The molecule has 0 aliphatic rings. The summed E-state index contributed by atoms with van der Waals surface area (Å²) in [6.07, 6.45) is -0.514. The van der Waals surface area contributed by atoms with Gasteiger partial charge in [-0.15, -0.1) is 5.10 Å². The van der Waals surface area contributed by atoms with Crippen molar-refractivity contribution in [1.29, 1.82) is 5.26 Å². The molecule has 0 radical (unpaired) electrons. The van der Waals surface area contributed by atoms with Crippen LogP contribution in [0.4, 0.5) is 0 Å². The molecule has 0 saturated heterocycles. The maximum atomic E-state index is 9.33. The molecule has 0 aromatic carbocycles. The van der Waals surface area contributed by atoms with E-state index in [1.807, 2.05) is 13.0 Å². The number of methoxy groups -OCH3 is 1. The third-order valence-electron chi connectivity index (χ3n) is 2.27. The Kier molecular flexibility index (Phi) is 4.40. The Balaban J connectivity index is 3.04. The highest BCUT2D eigenvalue weighted by Crippen LogP contribution is 2.19. The first-order chi connectivity index (χ1) is 7.60. The Labute approximate surface area is 94.4 Å². The molecule has 0 aliphatic heterocycles. The van der Waals surface area contributed by atoms with Crippen molar-refractivity contribution >= 4 is 0 Å². The summed E-state index contributed by atoms with van der Waals surface area (Å²) in [7, 11) is 1.58. The van der Waals surface area contributed by atoms with Crippen LogP contribution in [-0.4, -0.2) is 33.3 Å². The lowest BCUT2D eigenvalue weighted by Crippen LogP contribution is -2.17. The number of aliphatic hydroxyl groups excluding tert-OH is 1. The van der Waals surface area contributed by atoms with E-state index in [2.05, 4.69) is 10.3 Å². The molecule has 16 heavy (non-hydrogen) atoms. The maximum absolute atomic E-state index is 9.33. The van der Waals surface area contributed by atoms with Gasteiger partial charge in [-0.3, -0.25) is 0 Å². The fraction of sp³-hybridized carbons (Fsp3) is 0.700. The molecule has 1 aromatic rings. The number of aromatic nitrogens is 3. The summed E-state index contributed by atoms with van der Waals surface area (Å²) in [5.41, 5.74) is 1.36. The third kappa shape index (κ3) is 2.78. The van der Waals surface area contributed by atoms with Gasteiger partial charge in [-0.05, 0) is 13.8 Å². The Morgan fingerprint density at radius 2 is 2.25 bits per heavy atom. The second-order valence-electron chi connectivity index (χ2n) is 3.67. The lowest BCUT2D eigenvalue weighted by Gasteiger charge is -2.13. The zero-order chi connectivity index (χ0) is 12.1. The molecule has 1 heterocycles. The number of ether oxygens (including phenoxy) is 1. The van der Waals surface area contributed by atoms with Crippen LogP contribution < -0.4 is 0 Å². The van der Waals surface area contributed by atoms with Crippen LogP contribution in [0.5, 0.6) is 0 Å². The van der Waals surface area contributed by atoms with Crippen molar-refractivity contribution in [3.8, 4) is 6.07 Å². The number of hydrogen-bond donors (Lipinski definition) is 1. The highest BCUT2D eigenvalue weighted by atomic mass is 16.5. The van der Waals surface area contributed by atoms with Crippen LogP contribution >= 0.6 is 0 Å². The zero-order valence-corrected chi connectivity index (χ0v) is 9.71. The van der Waals surface area contributed by atoms with Crippen molar-refractivity contribution in [2.75, 3.05) is 7.11 Å². The molecule has 88 valence electrons. The Morgan fingerprint density at radius 1 is 1.56 bits per heavy atom. The first-order valence-corrected chi connectivity index (χ1v) is 5.10. The van der Waals surface area contributed by atoms with Gasteiger partial charge in [0.25, 0.3) is 0 Å². The number of rotatable bonds is 5. The molecule has 2 unspecified atom stereocenters. The van der Waals surface area contributed by atoms with Gasteiger partial charge in [0, 0.05) is 7.11 Å². The van der Waals surface area contributed by atoms with Gasteiger partial charge in [-0.25, -0.2) is 4.68 Å². The van der Waals surface area contributed by atoms with Gasteiger partial charge in [0.15, 0.2) is 0 Å². The molecule has 0 fully saturated rings. The number of nitrogens with zero attached hydrogens (tertiary/aromatic N) is 4. The molecular formula is C10H16N4O2. The van der Waals surface area contributed by atoms with Gasteiger partial charge >= 0.3 is 0 Å². The molecule has 2 atom stereocenters. The molecular weight excluding hydrogens is 208 g/mol. The van der Waals surface area contributed by atoms with Crippen LogP contribution in [-0.2, 0) is 17.7 Å². The van der Waals surface area contributed by atoms with E-state index in [0.29, 0.717) is 12.2 Å². The van der Waals surface area contributed by atoms with E-state index < -0.39 is 6.10 Å². The van der Waals surface area contributed by atoms with Gasteiger partial charge < -0.3 is 9.84 Å². The first-order valence-electron chi connectivity index (χ1n) is 5.10. The van der Waals surface area contributed by atoms with E-state index in [0.717, 1.165) is 5.69 Å². The molecule has 0 aliphatic carbocycles. The molecule has 0 saturated carbocycles. The standard InChI is InChI=1S/C10H16N4O2/c1-7(15)6-14-10(8(2)16-3)9(4-5-11)12-13-14/h7-8,15H,4,6H2,1-3H3. The molecule has 6 nitrogen and oxygen atoms in total. The van der Waals surface area contributed by atoms with Gasteiger partial charge in [-0.1, -0.05) is 5.21 Å². The van der Waals surface area contributed by atoms with E-state index >= 15 is 0 Å². The smallest absolute Gasteiger partial charge is 0.103 e. The van der Waals surface area contributed by atoms with Crippen LogP contribution in [0.3, 0.4) is 0 Å². The summed E-state index contributed by atoms with van der Waals surface area (Å²) in [6.45, 7) is 3.88. The van der Waals surface area contributed by atoms with Crippen molar-refractivity contribution in [1.82, 2.24) is 15.0 Å². The van der Waals surface area contributed by atoms with Crippen molar-refractivity contribution in [3.63, 3.8) is 0 Å². The SMILES string of the molecule is COC(C)c1c(CC#N)nnn1CC(C)O. The minimum Gasteiger partial charge on any atom is -0.391 e. The Bertz CT molecular complexity index is 381. The summed E-state index contributed by atoms with van der Waals surface area (Å²) < 4.78 is 6.80. The quantitative estimate of drug-likeness (QED) is 0.784. The average Bonchev–Trinajstić information content (AvgIpc) is 2.60. The minimum absolute atomic E-state index is 0.197. The van der Waals surface area contributed by atoms with E-state index in [4.69, 9.17) is 10.00 Å². The summed E-state index contributed by atoms with van der Waals surface area (Å²) in [4.78, 5) is 0. The lowest BCUT2D eigenvalue weighted by atomic mass is 10.2. The minimum atomic E-state index is -0.514. The van der Waals surface area contributed by atoms with Crippen LogP contribution in [0.15, 0.2) is 0 Å². The van der Waals surface area contributed by atoms with Gasteiger partial charge in [0.1, 0.15) is 5.69 Å². The fourth-order valence-corrected chi connectivity index (χ4v) is 1.50. The second kappa shape index (κ2) is 5.58. The van der Waals surface area contributed by atoms with E-state index in [9.17, 15) is 5.11 Å². The topological polar surface area (TPSA) is 84.0 Å². The highest BCUT2D eigenvalue weighted by molar-refractivity contribution is 5.16. The lowest BCUT2D eigenvalue weighted by molar-refractivity contribution is 0.104. The molecule has 1 aromatic heterocycles. The highest BCUT2D eigenvalue weighted by Gasteiger charge is 2.19. The van der Waals surface area contributed by atoms with Crippen LogP contribution in [0, 0.1) is 11.3 Å². The summed E-state index contributed by atoms with van der Waals surface area (Å²) in [6, 6.07) is 2.04. The molecule has 1 rings (SSSR count). The van der Waals surface area contributed by atoms with Crippen molar-refractivity contribution in [2.24, 2.45) is 0 Å². The normalized spacial score (nSPS) is 14.4. The molecule has 0 spiro atoms. The molecule has 6 heteroatoms. The largest absolute Gasteiger partial charge is 0.391 e. The van der Waals surface area contributed by atoms with Gasteiger partial charge in [0.2, 0.25) is 0 Å². The van der Waals surface area contributed by atoms with E-state index in [1.54, 1.807) is 18.7 Å². The number of hydrogen-bond acceptors (Lipinski definition) is 5. The first kappa shape index (κ1) is 12.6. The monoisotopic (exact) mass is 224 g/mol. The second-order valence-corrected chi connectivity index (χ2v) is 3.67. The number of nitriles is 1. The van der Waals surface area contributed by atoms with Crippen LogP contribution in [0.25, 0.3) is 0 Å². The van der Waals surface area contributed by atoms with E-state index in [1.165, 1.54) is 0 Å².